The molecule has 2 aliphatic rings. The van der Waals surface area contributed by atoms with Gasteiger partial charge in [0.2, 0.25) is 5.91 Å². The Kier molecular flexibility index (Phi) is 9.14. The number of anilines is 1. The molecule has 2 saturated heterocycles. The number of rotatable bonds is 4. The molecular formula is C17H26Cl3N3O2. The first-order chi connectivity index (χ1) is 11.2. The van der Waals surface area contributed by atoms with Crippen LogP contribution in [0.4, 0.5) is 5.69 Å². The van der Waals surface area contributed by atoms with E-state index in [2.05, 4.69) is 15.5 Å². The highest BCUT2D eigenvalue weighted by atomic mass is 35.5. The first-order valence-corrected chi connectivity index (χ1v) is 8.64. The van der Waals surface area contributed by atoms with Gasteiger partial charge >= 0.3 is 0 Å². The largest absolute Gasteiger partial charge is 0.495 e. The quantitative estimate of drug-likeness (QED) is 0.801. The molecule has 2 fully saturated rings. The number of piperidine rings is 1. The van der Waals surface area contributed by atoms with Gasteiger partial charge in [-0.05, 0) is 44.0 Å². The lowest BCUT2D eigenvalue weighted by atomic mass is 9.98. The van der Waals surface area contributed by atoms with Gasteiger partial charge < -0.3 is 20.3 Å². The fourth-order valence-electron chi connectivity index (χ4n) is 3.40. The molecule has 2 aliphatic heterocycles. The van der Waals surface area contributed by atoms with Crippen LogP contribution >= 0.6 is 36.4 Å². The van der Waals surface area contributed by atoms with E-state index in [1.807, 2.05) is 18.2 Å². The Hall–Kier alpha value is -0.880. The zero-order valence-corrected chi connectivity index (χ0v) is 16.7. The summed E-state index contributed by atoms with van der Waals surface area (Å²) in [5.74, 6) is 1.11. The van der Waals surface area contributed by atoms with E-state index in [4.69, 9.17) is 16.3 Å². The van der Waals surface area contributed by atoms with E-state index in [1.54, 1.807) is 7.11 Å². The lowest BCUT2D eigenvalue weighted by molar-refractivity contribution is -0.126. The average molecular weight is 411 g/mol. The zero-order chi connectivity index (χ0) is 16.2. The number of benzene rings is 1. The molecule has 2 heterocycles. The van der Waals surface area contributed by atoms with Gasteiger partial charge in [0, 0.05) is 30.7 Å². The summed E-state index contributed by atoms with van der Waals surface area (Å²) in [5, 5.41) is 7.20. The van der Waals surface area contributed by atoms with Gasteiger partial charge in [0.15, 0.2) is 0 Å². The SMILES string of the molecule is COc1ccc(Cl)cc1N1CCC(NC(=O)C2CCCNC2)C1.Cl.Cl. The highest BCUT2D eigenvalue weighted by Crippen LogP contribution is 2.33. The predicted molar refractivity (Wildman–Crippen MR) is 107 cm³/mol. The topological polar surface area (TPSA) is 53.6 Å². The second kappa shape index (κ2) is 10.3. The van der Waals surface area contributed by atoms with Crippen LogP contribution in [0, 0.1) is 5.92 Å². The van der Waals surface area contributed by atoms with Crippen LogP contribution in [0.3, 0.4) is 0 Å². The van der Waals surface area contributed by atoms with Crippen LogP contribution < -0.4 is 20.3 Å². The number of ether oxygens (including phenoxy) is 1. The van der Waals surface area contributed by atoms with E-state index in [0.717, 1.165) is 56.9 Å². The third-order valence-electron chi connectivity index (χ3n) is 4.68. The molecule has 0 saturated carbocycles. The van der Waals surface area contributed by atoms with E-state index in [1.165, 1.54) is 0 Å². The number of hydrogen-bond donors (Lipinski definition) is 2. The van der Waals surface area contributed by atoms with Crippen LogP contribution in [0.2, 0.25) is 5.02 Å². The van der Waals surface area contributed by atoms with Gasteiger partial charge in [-0.3, -0.25) is 4.79 Å². The van der Waals surface area contributed by atoms with Crippen molar-refractivity contribution in [2.75, 3.05) is 38.2 Å². The fourth-order valence-corrected chi connectivity index (χ4v) is 3.57. The van der Waals surface area contributed by atoms with Crippen molar-refractivity contribution in [3.63, 3.8) is 0 Å². The smallest absolute Gasteiger partial charge is 0.224 e. The molecule has 0 aliphatic carbocycles. The normalized spacial score (nSPS) is 22.6. The number of hydrogen-bond acceptors (Lipinski definition) is 4. The van der Waals surface area contributed by atoms with Crippen LogP contribution in [0.15, 0.2) is 18.2 Å². The second-order valence-electron chi connectivity index (χ2n) is 6.30. The Bertz CT molecular complexity index is 568. The van der Waals surface area contributed by atoms with Crippen molar-refractivity contribution in [3.05, 3.63) is 23.2 Å². The molecule has 2 unspecified atom stereocenters. The summed E-state index contributed by atoms with van der Waals surface area (Å²) in [4.78, 5) is 14.6. The molecular weight excluding hydrogens is 385 g/mol. The molecule has 0 radical (unpaired) electrons. The van der Waals surface area contributed by atoms with Crippen LogP contribution in [-0.4, -0.2) is 45.2 Å². The summed E-state index contributed by atoms with van der Waals surface area (Å²) in [6.07, 6.45) is 3.01. The molecule has 1 amide bonds. The zero-order valence-electron chi connectivity index (χ0n) is 14.3. The van der Waals surface area contributed by atoms with E-state index >= 15 is 0 Å². The maximum atomic E-state index is 12.4. The number of methoxy groups -OCH3 is 1. The Balaban J connectivity index is 0.00000156. The summed E-state index contributed by atoms with van der Waals surface area (Å²) in [7, 11) is 1.66. The standard InChI is InChI=1S/C17H24ClN3O2.2ClH/c1-23-16-5-4-13(18)9-15(16)21-8-6-14(11-21)20-17(22)12-3-2-7-19-10-12;;/h4-5,9,12,14,19H,2-3,6-8,10-11H2,1H3,(H,20,22);2*1H. The summed E-state index contributed by atoms with van der Waals surface area (Å²) in [6, 6.07) is 5.83. The molecule has 25 heavy (non-hydrogen) atoms. The highest BCUT2D eigenvalue weighted by molar-refractivity contribution is 6.30. The first kappa shape index (κ1) is 22.2. The lowest BCUT2D eigenvalue weighted by Crippen LogP contribution is -2.45. The van der Waals surface area contributed by atoms with Gasteiger partial charge in [0.1, 0.15) is 5.75 Å². The molecule has 0 spiro atoms. The first-order valence-electron chi connectivity index (χ1n) is 8.27. The minimum absolute atomic E-state index is 0. The number of carbonyl (C=O) groups is 1. The summed E-state index contributed by atoms with van der Waals surface area (Å²) in [5.41, 5.74) is 0.996. The van der Waals surface area contributed by atoms with Gasteiger partial charge in [-0.25, -0.2) is 0 Å². The second-order valence-corrected chi connectivity index (χ2v) is 6.74. The van der Waals surface area contributed by atoms with E-state index in [0.29, 0.717) is 5.02 Å². The predicted octanol–water partition coefficient (Wildman–Crippen LogP) is 2.89. The van der Waals surface area contributed by atoms with Gasteiger partial charge in [-0.1, -0.05) is 11.6 Å². The van der Waals surface area contributed by atoms with Crippen molar-refractivity contribution in [3.8, 4) is 5.75 Å². The van der Waals surface area contributed by atoms with Gasteiger partial charge in [0.25, 0.3) is 0 Å². The molecule has 3 rings (SSSR count). The molecule has 0 bridgehead atoms. The Morgan fingerprint density at radius 2 is 2.16 bits per heavy atom. The molecule has 142 valence electrons. The molecule has 0 aromatic heterocycles. The molecule has 5 nitrogen and oxygen atoms in total. The third kappa shape index (κ3) is 5.55. The van der Waals surface area contributed by atoms with Gasteiger partial charge in [-0.15, -0.1) is 24.8 Å². The van der Waals surface area contributed by atoms with Gasteiger partial charge in [-0.2, -0.15) is 0 Å². The molecule has 8 heteroatoms. The fraction of sp³-hybridized carbons (Fsp3) is 0.588. The molecule has 2 N–H and O–H groups in total. The summed E-state index contributed by atoms with van der Waals surface area (Å²) < 4.78 is 5.43. The van der Waals surface area contributed by atoms with Crippen molar-refractivity contribution < 1.29 is 9.53 Å². The van der Waals surface area contributed by atoms with Crippen LogP contribution in [0.25, 0.3) is 0 Å². The van der Waals surface area contributed by atoms with Crippen LogP contribution in [-0.2, 0) is 4.79 Å². The van der Waals surface area contributed by atoms with E-state index in [9.17, 15) is 4.79 Å². The number of amides is 1. The average Bonchev–Trinajstić information content (AvgIpc) is 3.04. The Morgan fingerprint density at radius 3 is 2.84 bits per heavy atom. The maximum absolute atomic E-state index is 12.4. The van der Waals surface area contributed by atoms with Crippen LogP contribution in [0.1, 0.15) is 19.3 Å². The summed E-state index contributed by atoms with van der Waals surface area (Å²) >= 11 is 6.12. The van der Waals surface area contributed by atoms with Crippen molar-refractivity contribution in [2.45, 2.75) is 25.3 Å². The van der Waals surface area contributed by atoms with Crippen molar-refractivity contribution in [1.29, 1.82) is 0 Å². The number of nitrogens with one attached hydrogen (secondary N) is 2. The number of carbonyl (C=O) groups excluding carboxylic acids is 1. The number of nitrogens with zero attached hydrogens (tertiary/aromatic N) is 1. The monoisotopic (exact) mass is 409 g/mol. The van der Waals surface area contributed by atoms with E-state index in [-0.39, 0.29) is 42.7 Å². The maximum Gasteiger partial charge on any atom is 0.224 e. The van der Waals surface area contributed by atoms with Crippen molar-refractivity contribution in [1.82, 2.24) is 10.6 Å². The number of halogens is 3. The van der Waals surface area contributed by atoms with Crippen LogP contribution in [0.5, 0.6) is 5.75 Å². The lowest BCUT2D eigenvalue weighted by Gasteiger charge is -2.25. The Labute approximate surface area is 166 Å². The van der Waals surface area contributed by atoms with Crippen molar-refractivity contribution in [2.24, 2.45) is 5.92 Å². The minimum Gasteiger partial charge on any atom is -0.495 e. The van der Waals surface area contributed by atoms with Gasteiger partial charge in [0.05, 0.1) is 18.7 Å². The van der Waals surface area contributed by atoms with E-state index < -0.39 is 0 Å². The minimum atomic E-state index is 0. The van der Waals surface area contributed by atoms with Crippen molar-refractivity contribution >= 4 is 48.0 Å². The molecule has 1 aromatic rings. The molecule has 2 atom stereocenters. The molecule has 1 aromatic carbocycles. The highest BCUT2D eigenvalue weighted by Gasteiger charge is 2.29. The summed E-state index contributed by atoms with van der Waals surface area (Å²) in [6.45, 7) is 3.51. The Morgan fingerprint density at radius 1 is 1.36 bits per heavy atom. The third-order valence-corrected chi connectivity index (χ3v) is 4.92.